The summed E-state index contributed by atoms with van der Waals surface area (Å²) >= 11 is 0. The SMILES string of the molecule is CCC(CNC(=O)CCC1CCCCO1)CC(=O)O. The van der Waals surface area contributed by atoms with E-state index >= 15 is 0 Å². The Labute approximate surface area is 114 Å². The molecule has 2 atom stereocenters. The number of aliphatic carboxylic acids is 1. The maximum Gasteiger partial charge on any atom is 0.303 e. The number of ether oxygens (including phenoxy) is 1. The van der Waals surface area contributed by atoms with E-state index in [4.69, 9.17) is 9.84 Å². The molecule has 5 heteroatoms. The van der Waals surface area contributed by atoms with Gasteiger partial charge < -0.3 is 15.2 Å². The van der Waals surface area contributed by atoms with Crippen LogP contribution in [0.15, 0.2) is 0 Å². The predicted octanol–water partition coefficient (Wildman–Crippen LogP) is 1.95. The van der Waals surface area contributed by atoms with Crippen molar-refractivity contribution in [3.8, 4) is 0 Å². The van der Waals surface area contributed by atoms with Gasteiger partial charge in [0.2, 0.25) is 5.91 Å². The number of rotatable bonds is 8. The Hall–Kier alpha value is -1.10. The molecule has 0 aromatic heterocycles. The fourth-order valence-corrected chi connectivity index (χ4v) is 2.28. The molecular formula is C14H25NO4. The second kappa shape index (κ2) is 8.91. The lowest BCUT2D eigenvalue weighted by molar-refractivity contribution is -0.138. The first-order chi connectivity index (χ1) is 9.11. The summed E-state index contributed by atoms with van der Waals surface area (Å²) in [6, 6.07) is 0. The molecule has 1 fully saturated rings. The molecule has 19 heavy (non-hydrogen) atoms. The summed E-state index contributed by atoms with van der Waals surface area (Å²) in [6.45, 7) is 3.20. The van der Waals surface area contributed by atoms with Crippen LogP contribution < -0.4 is 5.32 Å². The van der Waals surface area contributed by atoms with Crippen molar-refractivity contribution < 1.29 is 19.4 Å². The quantitative estimate of drug-likeness (QED) is 0.707. The molecule has 0 aliphatic carbocycles. The van der Waals surface area contributed by atoms with E-state index in [9.17, 15) is 9.59 Å². The van der Waals surface area contributed by atoms with Crippen LogP contribution in [0.5, 0.6) is 0 Å². The first-order valence-electron chi connectivity index (χ1n) is 7.22. The molecule has 2 N–H and O–H groups in total. The molecule has 110 valence electrons. The zero-order valence-electron chi connectivity index (χ0n) is 11.7. The minimum atomic E-state index is -0.809. The van der Waals surface area contributed by atoms with E-state index in [2.05, 4.69) is 5.32 Å². The molecule has 1 aliphatic rings. The Kier molecular flexibility index (Phi) is 7.48. The molecule has 0 aromatic rings. The van der Waals surface area contributed by atoms with Gasteiger partial charge in [-0.1, -0.05) is 13.3 Å². The van der Waals surface area contributed by atoms with Crippen LogP contribution in [-0.2, 0) is 14.3 Å². The van der Waals surface area contributed by atoms with Gasteiger partial charge >= 0.3 is 5.97 Å². The normalized spacial score (nSPS) is 20.8. The molecule has 1 amide bonds. The molecule has 0 spiro atoms. The highest BCUT2D eigenvalue weighted by Crippen LogP contribution is 2.16. The number of amides is 1. The van der Waals surface area contributed by atoms with Crippen molar-refractivity contribution in [2.45, 2.75) is 58.0 Å². The van der Waals surface area contributed by atoms with E-state index in [1.165, 1.54) is 6.42 Å². The highest BCUT2D eigenvalue weighted by molar-refractivity contribution is 5.76. The van der Waals surface area contributed by atoms with E-state index in [-0.39, 0.29) is 24.3 Å². The summed E-state index contributed by atoms with van der Waals surface area (Å²) < 4.78 is 5.57. The number of nitrogens with one attached hydrogen (secondary N) is 1. The second-order valence-corrected chi connectivity index (χ2v) is 5.20. The Balaban J connectivity index is 2.13. The summed E-state index contributed by atoms with van der Waals surface area (Å²) in [5.74, 6) is -0.790. The van der Waals surface area contributed by atoms with E-state index in [0.29, 0.717) is 13.0 Å². The second-order valence-electron chi connectivity index (χ2n) is 5.20. The van der Waals surface area contributed by atoms with Crippen molar-refractivity contribution in [3.05, 3.63) is 0 Å². The lowest BCUT2D eigenvalue weighted by atomic mass is 10.0. The molecule has 0 radical (unpaired) electrons. The number of carbonyl (C=O) groups is 2. The maximum absolute atomic E-state index is 11.7. The van der Waals surface area contributed by atoms with Gasteiger partial charge in [-0.25, -0.2) is 0 Å². The third-order valence-electron chi connectivity index (χ3n) is 3.60. The lowest BCUT2D eigenvalue weighted by Gasteiger charge is -2.22. The van der Waals surface area contributed by atoms with E-state index < -0.39 is 5.97 Å². The summed E-state index contributed by atoms with van der Waals surface area (Å²) in [7, 11) is 0. The van der Waals surface area contributed by atoms with Crippen LogP contribution in [0, 0.1) is 5.92 Å². The molecule has 2 unspecified atom stereocenters. The maximum atomic E-state index is 11.7. The smallest absolute Gasteiger partial charge is 0.303 e. The summed E-state index contributed by atoms with van der Waals surface area (Å²) in [6.07, 6.45) is 5.68. The van der Waals surface area contributed by atoms with Crippen LogP contribution in [0.25, 0.3) is 0 Å². The van der Waals surface area contributed by atoms with Gasteiger partial charge in [0.1, 0.15) is 0 Å². The first kappa shape index (κ1) is 16.0. The predicted molar refractivity (Wildman–Crippen MR) is 71.9 cm³/mol. The minimum absolute atomic E-state index is 0.00184. The van der Waals surface area contributed by atoms with Gasteiger partial charge in [-0.2, -0.15) is 0 Å². The molecule has 1 heterocycles. The van der Waals surface area contributed by atoms with Crippen LogP contribution in [-0.4, -0.2) is 36.2 Å². The van der Waals surface area contributed by atoms with Crippen molar-refractivity contribution in [1.82, 2.24) is 5.32 Å². The van der Waals surface area contributed by atoms with Crippen LogP contribution >= 0.6 is 0 Å². The van der Waals surface area contributed by atoms with E-state index in [1.54, 1.807) is 0 Å². The Morgan fingerprint density at radius 1 is 1.42 bits per heavy atom. The van der Waals surface area contributed by atoms with Crippen LogP contribution in [0.4, 0.5) is 0 Å². The average molecular weight is 271 g/mol. The van der Waals surface area contributed by atoms with Crippen LogP contribution in [0.2, 0.25) is 0 Å². The largest absolute Gasteiger partial charge is 0.481 e. The van der Waals surface area contributed by atoms with Crippen molar-refractivity contribution in [2.75, 3.05) is 13.2 Å². The Morgan fingerprint density at radius 3 is 2.79 bits per heavy atom. The minimum Gasteiger partial charge on any atom is -0.481 e. The molecule has 0 bridgehead atoms. The van der Waals surface area contributed by atoms with Gasteiger partial charge in [0, 0.05) is 26.0 Å². The van der Waals surface area contributed by atoms with Gasteiger partial charge in [-0.15, -0.1) is 0 Å². The number of carbonyl (C=O) groups excluding carboxylic acids is 1. The molecule has 5 nitrogen and oxygen atoms in total. The van der Waals surface area contributed by atoms with Crippen molar-refractivity contribution >= 4 is 11.9 Å². The monoisotopic (exact) mass is 271 g/mol. The topological polar surface area (TPSA) is 75.6 Å². The molecule has 0 saturated carbocycles. The molecular weight excluding hydrogens is 246 g/mol. The first-order valence-corrected chi connectivity index (χ1v) is 7.22. The number of hydrogen-bond acceptors (Lipinski definition) is 3. The summed E-state index contributed by atoms with van der Waals surface area (Å²) in [5, 5.41) is 11.5. The average Bonchev–Trinajstić information content (AvgIpc) is 2.42. The van der Waals surface area contributed by atoms with Gasteiger partial charge in [0.05, 0.1) is 6.10 Å². The van der Waals surface area contributed by atoms with Crippen LogP contribution in [0.3, 0.4) is 0 Å². The zero-order valence-corrected chi connectivity index (χ0v) is 11.7. The van der Waals surface area contributed by atoms with Crippen molar-refractivity contribution in [3.63, 3.8) is 0 Å². The fraction of sp³-hybridized carbons (Fsp3) is 0.857. The number of carboxylic acid groups (broad SMARTS) is 1. The van der Waals surface area contributed by atoms with Gasteiger partial charge in [-0.05, 0) is 31.6 Å². The molecule has 0 aromatic carbocycles. The highest BCUT2D eigenvalue weighted by atomic mass is 16.5. The number of carboxylic acids is 1. The Bertz CT molecular complexity index is 287. The van der Waals surface area contributed by atoms with Crippen molar-refractivity contribution in [1.29, 1.82) is 0 Å². The van der Waals surface area contributed by atoms with Crippen molar-refractivity contribution in [2.24, 2.45) is 5.92 Å². The Morgan fingerprint density at radius 2 is 2.21 bits per heavy atom. The zero-order chi connectivity index (χ0) is 14.1. The third kappa shape index (κ3) is 7.15. The molecule has 1 aliphatic heterocycles. The van der Waals surface area contributed by atoms with E-state index in [0.717, 1.165) is 32.3 Å². The van der Waals surface area contributed by atoms with Gasteiger partial charge in [-0.3, -0.25) is 9.59 Å². The summed E-state index contributed by atoms with van der Waals surface area (Å²) in [4.78, 5) is 22.3. The highest BCUT2D eigenvalue weighted by Gasteiger charge is 2.16. The third-order valence-corrected chi connectivity index (χ3v) is 3.60. The fourth-order valence-electron chi connectivity index (χ4n) is 2.28. The molecule has 1 saturated heterocycles. The van der Waals surface area contributed by atoms with Gasteiger partial charge in [0.15, 0.2) is 0 Å². The summed E-state index contributed by atoms with van der Waals surface area (Å²) in [5.41, 5.74) is 0. The number of hydrogen-bond donors (Lipinski definition) is 2. The standard InChI is InChI=1S/C14H25NO4/c1-2-11(9-14(17)18)10-15-13(16)7-6-12-5-3-4-8-19-12/h11-12H,2-10H2,1H3,(H,15,16)(H,17,18). The molecule has 1 rings (SSSR count). The lowest BCUT2D eigenvalue weighted by Crippen LogP contribution is -2.31. The van der Waals surface area contributed by atoms with Gasteiger partial charge in [0.25, 0.3) is 0 Å². The van der Waals surface area contributed by atoms with E-state index in [1.807, 2.05) is 6.92 Å². The van der Waals surface area contributed by atoms with Crippen LogP contribution in [0.1, 0.15) is 51.9 Å².